The largest absolute Gasteiger partial charge is 0.480 e. The minimum absolute atomic E-state index is 0.284. The zero-order valence-electron chi connectivity index (χ0n) is 9.23. The first-order valence-corrected chi connectivity index (χ1v) is 4.79. The van der Waals surface area contributed by atoms with Gasteiger partial charge in [-0.2, -0.15) is 18.3 Å². The van der Waals surface area contributed by atoms with Crippen LogP contribution in [0.25, 0.3) is 0 Å². The molecule has 0 fully saturated rings. The summed E-state index contributed by atoms with van der Waals surface area (Å²) in [4.78, 5) is 21.5. The molecule has 1 aromatic rings. The number of hydrogen-bond donors (Lipinski definition) is 2. The Balaban J connectivity index is 2.76. The van der Waals surface area contributed by atoms with Crippen LogP contribution in [0.5, 0.6) is 0 Å². The van der Waals surface area contributed by atoms with Crippen molar-refractivity contribution >= 4 is 11.9 Å². The maximum atomic E-state index is 12.0. The number of carboxylic acid groups (broad SMARTS) is 1. The maximum absolute atomic E-state index is 12.0. The van der Waals surface area contributed by atoms with E-state index in [9.17, 15) is 22.8 Å². The Hall–Kier alpha value is -2.06. The van der Waals surface area contributed by atoms with Gasteiger partial charge in [0.15, 0.2) is 0 Å². The number of alkyl halides is 3. The molecule has 0 bridgehead atoms. The first-order chi connectivity index (χ1) is 8.21. The van der Waals surface area contributed by atoms with Gasteiger partial charge in [-0.15, -0.1) is 0 Å². The molecule has 1 amide bonds. The zero-order chi connectivity index (χ0) is 13.9. The number of hydrogen-bond acceptors (Lipinski definition) is 3. The van der Waals surface area contributed by atoms with Crippen molar-refractivity contribution in [2.24, 2.45) is 7.05 Å². The Morgan fingerprint density at radius 2 is 2.17 bits per heavy atom. The molecule has 0 aliphatic carbocycles. The third kappa shape index (κ3) is 3.47. The molecule has 2 N–H and O–H groups in total. The van der Waals surface area contributed by atoms with Gasteiger partial charge in [0.2, 0.25) is 0 Å². The molecule has 0 aromatic carbocycles. The predicted molar refractivity (Wildman–Crippen MR) is 52.5 cm³/mol. The number of carbonyl (C=O) groups excluding carboxylic acids is 1. The number of nitrogens with zero attached hydrogens (tertiary/aromatic N) is 2. The third-order valence-electron chi connectivity index (χ3n) is 2.20. The lowest BCUT2D eigenvalue weighted by Gasteiger charge is -2.15. The lowest BCUT2D eigenvalue weighted by Crippen LogP contribution is -2.48. The number of aromatic nitrogens is 2. The Morgan fingerprint density at radius 3 is 2.56 bits per heavy atom. The fourth-order valence-corrected chi connectivity index (χ4v) is 1.25. The summed E-state index contributed by atoms with van der Waals surface area (Å²) in [5, 5.41) is 13.9. The van der Waals surface area contributed by atoms with Crippen LogP contribution in [0.1, 0.15) is 5.69 Å². The zero-order valence-corrected chi connectivity index (χ0v) is 9.23. The van der Waals surface area contributed by atoms with Crippen molar-refractivity contribution in [3.63, 3.8) is 0 Å². The van der Waals surface area contributed by atoms with Crippen LogP contribution in [0.2, 0.25) is 0 Å². The van der Waals surface area contributed by atoms with Crippen molar-refractivity contribution in [1.82, 2.24) is 15.1 Å². The van der Waals surface area contributed by atoms with Crippen molar-refractivity contribution in [2.45, 2.75) is 18.6 Å². The van der Waals surface area contributed by atoms with Crippen LogP contribution < -0.4 is 5.32 Å². The number of halogens is 3. The quantitative estimate of drug-likeness (QED) is 0.808. The van der Waals surface area contributed by atoms with E-state index in [0.29, 0.717) is 5.69 Å². The van der Waals surface area contributed by atoms with E-state index in [0.717, 1.165) is 0 Å². The summed E-state index contributed by atoms with van der Waals surface area (Å²) in [6.07, 6.45) is -4.02. The summed E-state index contributed by atoms with van der Waals surface area (Å²) in [6, 6.07) is -0.204. The molecule has 1 atom stereocenters. The first kappa shape index (κ1) is 14.0. The van der Waals surface area contributed by atoms with Gasteiger partial charge in [-0.25, -0.2) is 4.79 Å². The van der Waals surface area contributed by atoms with E-state index in [1.165, 1.54) is 29.3 Å². The normalized spacial score (nSPS) is 13.1. The van der Waals surface area contributed by atoms with E-state index < -0.39 is 24.1 Å². The Kier molecular flexibility index (Phi) is 3.94. The summed E-state index contributed by atoms with van der Waals surface area (Å²) in [6.45, 7) is 0. The van der Waals surface area contributed by atoms with Gasteiger partial charge in [-0.1, -0.05) is 0 Å². The SMILES string of the molecule is Cn1nccc1CC(NC(=O)C(F)(F)F)C(=O)O. The van der Waals surface area contributed by atoms with E-state index in [1.807, 2.05) is 0 Å². The molecule has 9 heteroatoms. The van der Waals surface area contributed by atoms with Crippen molar-refractivity contribution in [3.8, 4) is 0 Å². The number of amides is 1. The third-order valence-corrected chi connectivity index (χ3v) is 2.20. The van der Waals surface area contributed by atoms with Gasteiger partial charge >= 0.3 is 18.1 Å². The Morgan fingerprint density at radius 1 is 1.56 bits per heavy atom. The highest BCUT2D eigenvalue weighted by atomic mass is 19.4. The second-order valence-corrected chi connectivity index (χ2v) is 3.51. The molecule has 1 rings (SSSR count). The van der Waals surface area contributed by atoms with Crippen LogP contribution in [0.3, 0.4) is 0 Å². The van der Waals surface area contributed by atoms with E-state index in [1.54, 1.807) is 0 Å². The molecule has 100 valence electrons. The first-order valence-electron chi connectivity index (χ1n) is 4.79. The van der Waals surface area contributed by atoms with E-state index >= 15 is 0 Å². The van der Waals surface area contributed by atoms with Crippen LogP contribution >= 0.6 is 0 Å². The highest BCUT2D eigenvalue weighted by Gasteiger charge is 2.40. The molecule has 1 aromatic heterocycles. The number of carbonyl (C=O) groups is 2. The van der Waals surface area contributed by atoms with Crippen LogP contribution in [0, 0.1) is 0 Å². The van der Waals surface area contributed by atoms with Crippen molar-refractivity contribution in [3.05, 3.63) is 18.0 Å². The number of aliphatic carboxylic acids is 1. The molecule has 0 saturated heterocycles. The van der Waals surface area contributed by atoms with Crippen LogP contribution in [-0.2, 0) is 23.1 Å². The summed E-state index contributed by atoms with van der Waals surface area (Å²) < 4.78 is 37.3. The topological polar surface area (TPSA) is 84.2 Å². The van der Waals surface area contributed by atoms with Crippen molar-refractivity contribution in [2.75, 3.05) is 0 Å². The minimum atomic E-state index is -5.11. The summed E-state index contributed by atoms with van der Waals surface area (Å²) in [5.74, 6) is -3.83. The highest BCUT2D eigenvalue weighted by Crippen LogP contribution is 2.15. The number of carboxylic acids is 1. The number of aryl methyl sites for hydroxylation is 1. The monoisotopic (exact) mass is 265 g/mol. The molecule has 1 heterocycles. The molecule has 1 unspecified atom stereocenters. The lowest BCUT2D eigenvalue weighted by atomic mass is 10.1. The summed E-state index contributed by atoms with van der Waals surface area (Å²) in [5.41, 5.74) is 0.393. The number of nitrogens with one attached hydrogen (secondary N) is 1. The second kappa shape index (κ2) is 5.07. The van der Waals surface area contributed by atoms with E-state index in [4.69, 9.17) is 5.11 Å². The summed E-state index contributed by atoms with van der Waals surface area (Å²) >= 11 is 0. The molecule has 6 nitrogen and oxygen atoms in total. The molecule has 0 aliphatic heterocycles. The summed E-state index contributed by atoms with van der Waals surface area (Å²) in [7, 11) is 1.51. The van der Waals surface area contributed by atoms with Crippen LogP contribution in [0.4, 0.5) is 13.2 Å². The van der Waals surface area contributed by atoms with Gasteiger partial charge < -0.3 is 10.4 Å². The molecular formula is C9H10F3N3O3. The predicted octanol–water partition coefficient (Wildman–Crippen LogP) is 0.0943. The molecule has 18 heavy (non-hydrogen) atoms. The van der Waals surface area contributed by atoms with E-state index in [2.05, 4.69) is 5.10 Å². The van der Waals surface area contributed by atoms with Gasteiger partial charge in [0.05, 0.1) is 0 Å². The molecular weight excluding hydrogens is 255 g/mol. The fraction of sp³-hybridized carbons (Fsp3) is 0.444. The average molecular weight is 265 g/mol. The molecule has 0 aliphatic rings. The van der Waals surface area contributed by atoms with Gasteiger partial charge in [0.25, 0.3) is 0 Å². The average Bonchev–Trinajstić information content (AvgIpc) is 2.61. The van der Waals surface area contributed by atoms with Crippen molar-refractivity contribution < 1.29 is 27.9 Å². The van der Waals surface area contributed by atoms with Gasteiger partial charge in [-0.3, -0.25) is 9.48 Å². The smallest absolute Gasteiger partial charge is 0.471 e. The maximum Gasteiger partial charge on any atom is 0.471 e. The standard InChI is InChI=1S/C9H10F3N3O3/c1-15-5(2-3-13-15)4-6(7(16)17)14-8(18)9(10,11)12/h2-3,6H,4H2,1H3,(H,14,18)(H,16,17). The molecule has 0 spiro atoms. The van der Waals surface area contributed by atoms with Gasteiger partial charge in [-0.05, 0) is 6.07 Å². The van der Waals surface area contributed by atoms with Crippen molar-refractivity contribution in [1.29, 1.82) is 0 Å². The molecule has 0 saturated carbocycles. The highest BCUT2D eigenvalue weighted by molar-refractivity contribution is 5.87. The number of rotatable bonds is 4. The van der Waals surface area contributed by atoms with Crippen LogP contribution in [0.15, 0.2) is 12.3 Å². The Labute approximate surface area is 99.4 Å². The van der Waals surface area contributed by atoms with E-state index in [-0.39, 0.29) is 6.42 Å². The minimum Gasteiger partial charge on any atom is -0.480 e. The second-order valence-electron chi connectivity index (χ2n) is 3.51. The molecule has 0 radical (unpaired) electrons. The van der Waals surface area contributed by atoms with Crippen LogP contribution in [-0.4, -0.2) is 39.0 Å². The Bertz CT molecular complexity index is 455. The van der Waals surface area contributed by atoms with Gasteiger partial charge in [0, 0.05) is 25.4 Å². The fourth-order valence-electron chi connectivity index (χ4n) is 1.25. The van der Waals surface area contributed by atoms with Gasteiger partial charge in [0.1, 0.15) is 6.04 Å². The lowest BCUT2D eigenvalue weighted by molar-refractivity contribution is -0.175.